The van der Waals surface area contributed by atoms with Gasteiger partial charge in [0.05, 0.1) is 5.66 Å². The maximum absolute atomic E-state index is 3.57. The van der Waals surface area contributed by atoms with E-state index in [2.05, 4.69) is 34.3 Å². The minimum atomic E-state index is 0.223. The largest absolute Gasteiger partial charge is 0.314 e. The van der Waals surface area contributed by atoms with Crippen molar-refractivity contribution in [1.29, 1.82) is 0 Å². The van der Waals surface area contributed by atoms with Crippen molar-refractivity contribution < 1.29 is 0 Å². The van der Waals surface area contributed by atoms with Gasteiger partial charge in [-0.25, -0.2) is 0 Å². The molecule has 1 saturated carbocycles. The maximum atomic E-state index is 3.57. The molecule has 3 fully saturated rings. The summed E-state index contributed by atoms with van der Waals surface area (Å²) in [7, 11) is 0. The first-order chi connectivity index (χ1) is 8.15. The number of hydrogen-bond donors (Lipinski definition) is 2. The molecule has 2 aliphatic heterocycles. The predicted molar refractivity (Wildman–Crippen MR) is 70.1 cm³/mol. The number of nitrogens with zero attached hydrogens (tertiary/aromatic N) is 2. The highest BCUT2D eigenvalue weighted by Crippen LogP contribution is 2.46. The Morgan fingerprint density at radius 2 is 1.59 bits per heavy atom. The monoisotopic (exact) mass is 238 g/mol. The lowest BCUT2D eigenvalue weighted by Crippen LogP contribution is -2.68. The molecule has 3 rings (SSSR count). The molecule has 0 aromatic heterocycles. The van der Waals surface area contributed by atoms with Gasteiger partial charge in [0.25, 0.3) is 0 Å². The summed E-state index contributed by atoms with van der Waals surface area (Å²) in [6.45, 7) is 13.1. The Hall–Kier alpha value is -0.160. The third-order valence-electron chi connectivity index (χ3n) is 4.92. The van der Waals surface area contributed by atoms with Gasteiger partial charge in [0.15, 0.2) is 0 Å². The smallest absolute Gasteiger partial charge is 0.0686 e. The Labute approximate surface area is 105 Å². The van der Waals surface area contributed by atoms with E-state index >= 15 is 0 Å². The van der Waals surface area contributed by atoms with Crippen molar-refractivity contribution >= 4 is 0 Å². The summed E-state index contributed by atoms with van der Waals surface area (Å²) in [6, 6.07) is 0. The average Bonchev–Trinajstić information content (AvgIpc) is 3.11. The van der Waals surface area contributed by atoms with Crippen molar-refractivity contribution in [3.8, 4) is 0 Å². The fourth-order valence-corrected chi connectivity index (χ4v) is 3.67. The van der Waals surface area contributed by atoms with Crippen molar-refractivity contribution in [2.24, 2.45) is 0 Å². The van der Waals surface area contributed by atoms with Crippen LogP contribution in [0.15, 0.2) is 0 Å². The second kappa shape index (κ2) is 4.19. The minimum absolute atomic E-state index is 0.223. The summed E-state index contributed by atoms with van der Waals surface area (Å²) >= 11 is 0. The van der Waals surface area contributed by atoms with E-state index in [1.54, 1.807) is 0 Å². The zero-order chi connectivity index (χ0) is 11.9. The van der Waals surface area contributed by atoms with Crippen LogP contribution in [0.2, 0.25) is 0 Å². The van der Waals surface area contributed by atoms with Crippen LogP contribution in [0, 0.1) is 0 Å². The zero-order valence-corrected chi connectivity index (χ0v) is 11.3. The highest BCUT2D eigenvalue weighted by Gasteiger charge is 2.54. The van der Waals surface area contributed by atoms with E-state index in [0.29, 0.717) is 5.54 Å². The highest BCUT2D eigenvalue weighted by molar-refractivity contribution is 5.11. The highest BCUT2D eigenvalue weighted by atomic mass is 15.5. The van der Waals surface area contributed by atoms with E-state index in [4.69, 9.17) is 0 Å². The average molecular weight is 238 g/mol. The SMILES string of the molecule is CC(C)(N1CCNCC1)N1CCNCC12CC2. The second-order valence-electron chi connectivity index (χ2n) is 6.28. The summed E-state index contributed by atoms with van der Waals surface area (Å²) in [5.74, 6) is 0. The topological polar surface area (TPSA) is 30.5 Å². The van der Waals surface area contributed by atoms with E-state index in [1.165, 1.54) is 39.0 Å². The Bertz CT molecular complexity index is 279. The molecule has 0 aromatic rings. The van der Waals surface area contributed by atoms with Crippen LogP contribution in [-0.4, -0.2) is 66.8 Å². The van der Waals surface area contributed by atoms with Crippen LogP contribution in [0.25, 0.3) is 0 Å². The molecule has 4 heteroatoms. The maximum Gasteiger partial charge on any atom is 0.0686 e. The molecular weight excluding hydrogens is 212 g/mol. The van der Waals surface area contributed by atoms with Crippen LogP contribution in [0.4, 0.5) is 0 Å². The van der Waals surface area contributed by atoms with Crippen LogP contribution in [0.3, 0.4) is 0 Å². The van der Waals surface area contributed by atoms with Crippen molar-refractivity contribution in [3.05, 3.63) is 0 Å². The lowest BCUT2D eigenvalue weighted by Gasteiger charge is -2.53. The fraction of sp³-hybridized carbons (Fsp3) is 1.00. The summed E-state index contributed by atoms with van der Waals surface area (Å²) < 4.78 is 0. The molecule has 0 unspecified atom stereocenters. The van der Waals surface area contributed by atoms with Gasteiger partial charge >= 0.3 is 0 Å². The van der Waals surface area contributed by atoms with Crippen LogP contribution in [0.5, 0.6) is 0 Å². The molecule has 0 bridgehead atoms. The molecule has 4 nitrogen and oxygen atoms in total. The fourth-order valence-electron chi connectivity index (χ4n) is 3.67. The molecule has 0 amide bonds. The standard InChI is InChI=1S/C13H26N4/c1-12(2,16-8-5-14-6-9-16)17-10-7-15-11-13(17)3-4-13/h14-15H,3-11H2,1-2H3. The van der Waals surface area contributed by atoms with E-state index in [9.17, 15) is 0 Å². The third kappa shape index (κ3) is 2.01. The van der Waals surface area contributed by atoms with Gasteiger partial charge in [-0.15, -0.1) is 0 Å². The van der Waals surface area contributed by atoms with E-state index in [0.717, 1.165) is 19.6 Å². The molecule has 0 atom stereocenters. The minimum Gasteiger partial charge on any atom is -0.314 e. The first kappa shape index (κ1) is 11.9. The normalized spacial score (nSPS) is 30.7. The van der Waals surface area contributed by atoms with E-state index in [-0.39, 0.29) is 5.66 Å². The molecule has 0 radical (unpaired) electrons. The van der Waals surface area contributed by atoms with Gasteiger partial charge in [0, 0.05) is 51.4 Å². The molecule has 0 aromatic carbocycles. The molecule has 1 aliphatic carbocycles. The molecule has 3 aliphatic rings. The van der Waals surface area contributed by atoms with Crippen molar-refractivity contribution in [2.45, 2.75) is 37.9 Å². The third-order valence-corrected chi connectivity index (χ3v) is 4.92. The van der Waals surface area contributed by atoms with Crippen LogP contribution < -0.4 is 10.6 Å². The summed E-state index contributed by atoms with van der Waals surface area (Å²) in [5, 5.41) is 7.02. The van der Waals surface area contributed by atoms with Crippen molar-refractivity contribution in [2.75, 3.05) is 45.8 Å². The van der Waals surface area contributed by atoms with Gasteiger partial charge in [-0.05, 0) is 26.7 Å². The lowest BCUT2D eigenvalue weighted by atomic mass is 10.0. The van der Waals surface area contributed by atoms with E-state index < -0.39 is 0 Å². The Balaban J connectivity index is 1.75. The number of piperazine rings is 2. The first-order valence-corrected chi connectivity index (χ1v) is 7.09. The van der Waals surface area contributed by atoms with Gasteiger partial charge in [0.2, 0.25) is 0 Å². The Morgan fingerprint density at radius 3 is 2.24 bits per heavy atom. The van der Waals surface area contributed by atoms with Crippen LogP contribution in [0.1, 0.15) is 26.7 Å². The molecular formula is C13H26N4. The number of rotatable bonds is 2. The van der Waals surface area contributed by atoms with E-state index in [1.807, 2.05) is 0 Å². The molecule has 98 valence electrons. The Kier molecular flexibility index (Phi) is 2.94. The lowest BCUT2D eigenvalue weighted by molar-refractivity contribution is -0.0792. The molecule has 2 heterocycles. The van der Waals surface area contributed by atoms with Gasteiger partial charge in [-0.1, -0.05) is 0 Å². The van der Waals surface area contributed by atoms with Crippen molar-refractivity contribution in [1.82, 2.24) is 20.4 Å². The van der Waals surface area contributed by atoms with Crippen molar-refractivity contribution in [3.63, 3.8) is 0 Å². The van der Waals surface area contributed by atoms with Crippen LogP contribution in [-0.2, 0) is 0 Å². The number of hydrogen-bond acceptors (Lipinski definition) is 4. The summed E-state index contributed by atoms with van der Waals surface area (Å²) in [5.41, 5.74) is 0.716. The second-order valence-corrected chi connectivity index (χ2v) is 6.28. The van der Waals surface area contributed by atoms with Gasteiger partial charge < -0.3 is 10.6 Å². The predicted octanol–water partition coefficient (Wildman–Crippen LogP) is 0.0655. The first-order valence-electron chi connectivity index (χ1n) is 7.09. The molecule has 2 N–H and O–H groups in total. The molecule has 17 heavy (non-hydrogen) atoms. The number of nitrogens with one attached hydrogen (secondary N) is 2. The summed E-state index contributed by atoms with van der Waals surface area (Å²) in [6.07, 6.45) is 2.77. The summed E-state index contributed by atoms with van der Waals surface area (Å²) in [4.78, 5) is 5.44. The van der Waals surface area contributed by atoms with Crippen LogP contribution >= 0.6 is 0 Å². The van der Waals surface area contributed by atoms with Gasteiger partial charge in [-0.3, -0.25) is 9.80 Å². The quantitative estimate of drug-likeness (QED) is 0.712. The van der Waals surface area contributed by atoms with Gasteiger partial charge in [-0.2, -0.15) is 0 Å². The molecule has 1 spiro atoms. The molecule has 2 saturated heterocycles. The van der Waals surface area contributed by atoms with Gasteiger partial charge in [0.1, 0.15) is 0 Å². The zero-order valence-electron chi connectivity index (χ0n) is 11.3. The Morgan fingerprint density at radius 1 is 0.941 bits per heavy atom.